The predicted molar refractivity (Wildman–Crippen MR) is 122 cm³/mol. The monoisotopic (exact) mass is 477 g/mol. The Labute approximate surface area is 195 Å². The molecule has 12 nitrogen and oxygen atoms in total. The number of fused-ring (bicyclic) bond motifs is 1. The van der Waals surface area contributed by atoms with E-state index in [1.807, 2.05) is 18.2 Å². The molecular formula is C22H31N5O7. The van der Waals surface area contributed by atoms with Crippen molar-refractivity contribution >= 4 is 34.6 Å². The number of carboxylic acids is 1. The quantitative estimate of drug-likeness (QED) is 0.175. The van der Waals surface area contributed by atoms with Crippen LogP contribution < -0.4 is 21.7 Å². The molecule has 0 radical (unpaired) electrons. The Morgan fingerprint density at radius 2 is 1.44 bits per heavy atom. The van der Waals surface area contributed by atoms with E-state index in [1.165, 1.54) is 0 Å². The van der Waals surface area contributed by atoms with E-state index in [9.17, 15) is 34.5 Å². The number of rotatable bonds is 12. The Bertz CT molecular complexity index is 1020. The highest BCUT2D eigenvalue weighted by atomic mass is 16.4. The minimum Gasteiger partial charge on any atom is -0.480 e. The molecule has 0 aliphatic carbocycles. The maximum absolute atomic E-state index is 12.6. The van der Waals surface area contributed by atoms with Gasteiger partial charge in [-0.05, 0) is 17.5 Å². The largest absolute Gasteiger partial charge is 0.480 e. The van der Waals surface area contributed by atoms with E-state index in [-0.39, 0.29) is 12.3 Å². The number of aliphatic carboxylic acids is 1. The molecule has 4 unspecified atom stereocenters. The number of nitrogens with two attached hydrogens (primary N) is 1. The second-order valence-electron chi connectivity index (χ2n) is 8.22. The summed E-state index contributed by atoms with van der Waals surface area (Å²) < 4.78 is 0. The van der Waals surface area contributed by atoms with Gasteiger partial charge in [-0.3, -0.25) is 14.4 Å². The van der Waals surface area contributed by atoms with Crippen molar-refractivity contribution in [1.29, 1.82) is 0 Å². The van der Waals surface area contributed by atoms with E-state index in [0.29, 0.717) is 5.56 Å². The number of aliphatic hydroxyl groups excluding tert-OH is 2. The van der Waals surface area contributed by atoms with Gasteiger partial charge in [0, 0.05) is 23.5 Å². The Morgan fingerprint density at radius 3 is 1.97 bits per heavy atom. The summed E-state index contributed by atoms with van der Waals surface area (Å²) in [5.41, 5.74) is 7.20. The van der Waals surface area contributed by atoms with Gasteiger partial charge in [-0.15, -0.1) is 0 Å². The molecule has 4 atom stereocenters. The lowest BCUT2D eigenvalue weighted by Gasteiger charge is -2.24. The van der Waals surface area contributed by atoms with Crippen LogP contribution in [0, 0.1) is 5.92 Å². The fourth-order valence-electron chi connectivity index (χ4n) is 3.22. The van der Waals surface area contributed by atoms with Crippen molar-refractivity contribution in [2.45, 2.75) is 44.4 Å². The van der Waals surface area contributed by atoms with E-state index >= 15 is 0 Å². The van der Waals surface area contributed by atoms with Gasteiger partial charge in [-0.1, -0.05) is 32.0 Å². The van der Waals surface area contributed by atoms with Crippen LogP contribution in [0.4, 0.5) is 0 Å². The molecule has 9 N–H and O–H groups in total. The van der Waals surface area contributed by atoms with Crippen molar-refractivity contribution < 1.29 is 34.5 Å². The number of carbonyl (C=O) groups is 4. The van der Waals surface area contributed by atoms with E-state index < -0.39 is 61.1 Å². The van der Waals surface area contributed by atoms with Gasteiger partial charge >= 0.3 is 5.97 Å². The van der Waals surface area contributed by atoms with Crippen LogP contribution in [-0.2, 0) is 25.6 Å². The Hall–Kier alpha value is -3.48. The van der Waals surface area contributed by atoms with Crippen molar-refractivity contribution in [1.82, 2.24) is 20.9 Å². The molecular weight excluding hydrogens is 446 g/mol. The summed E-state index contributed by atoms with van der Waals surface area (Å²) in [7, 11) is 0. The third kappa shape index (κ3) is 6.76. The molecule has 0 bridgehead atoms. The summed E-state index contributed by atoms with van der Waals surface area (Å²) in [6.45, 7) is 1.80. The third-order valence-corrected chi connectivity index (χ3v) is 5.37. The Kier molecular flexibility index (Phi) is 9.54. The molecule has 3 amide bonds. The average Bonchev–Trinajstić information content (AvgIpc) is 3.22. The van der Waals surface area contributed by atoms with Gasteiger partial charge in [0.25, 0.3) is 0 Å². The predicted octanol–water partition coefficient (Wildman–Crippen LogP) is -1.78. The molecule has 1 heterocycles. The average molecular weight is 478 g/mol. The molecule has 1 aromatic carbocycles. The van der Waals surface area contributed by atoms with Crippen molar-refractivity contribution in [2.24, 2.45) is 11.7 Å². The van der Waals surface area contributed by atoms with Gasteiger partial charge < -0.3 is 42.0 Å². The number of para-hydroxylation sites is 1. The third-order valence-electron chi connectivity index (χ3n) is 5.37. The first kappa shape index (κ1) is 26.8. The number of hydrogen-bond acceptors (Lipinski definition) is 7. The van der Waals surface area contributed by atoms with Gasteiger partial charge in [-0.25, -0.2) is 4.79 Å². The minimum absolute atomic E-state index is 0.0421. The molecule has 1 aromatic heterocycles. The highest BCUT2D eigenvalue weighted by molar-refractivity contribution is 5.94. The molecule has 2 rings (SSSR count). The summed E-state index contributed by atoms with van der Waals surface area (Å²) in [5.74, 6) is -4.07. The fraction of sp³-hybridized carbons (Fsp3) is 0.455. The summed E-state index contributed by atoms with van der Waals surface area (Å²) in [4.78, 5) is 52.0. The topological polar surface area (TPSA) is 207 Å². The van der Waals surface area contributed by atoms with Crippen molar-refractivity contribution in [3.8, 4) is 0 Å². The van der Waals surface area contributed by atoms with Crippen molar-refractivity contribution in [3.63, 3.8) is 0 Å². The number of nitrogens with one attached hydrogen (secondary N) is 4. The molecule has 186 valence electrons. The molecule has 0 spiro atoms. The molecule has 34 heavy (non-hydrogen) atoms. The van der Waals surface area contributed by atoms with E-state index in [0.717, 1.165) is 10.9 Å². The standard InChI is InChI=1S/C22H31N5O7/c1-11(2)18(23)21(32)27-17(10-29)20(31)26-16(9-28)19(30)25-15(22(33)34)7-12-8-24-14-6-4-3-5-13(12)14/h3-6,8,11,15-18,24,28-29H,7,9-10,23H2,1-2H3,(H,25,30)(H,26,31)(H,27,32)(H,33,34). The number of aliphatic hydroxyl groups is 2. The second kappa shape index (κ2) is 12.1. The van der Waals surface area contributed by atoms with Crippen LogP contribution in [-0.4, -0.2) is 81.4 Å². The van der Waals surface area contributed by atoms with Gasteiger partial charge in [0.05, 0.1) is 19.3 Å². The van der Waals surface area contributed by atoms with Crippen LogP contribution in [0.2, 0.25) is 0 Å². The number of hydrogen-bond donors (Lipinski definition) is 8. The number of carbonyl (C=O) groups excluding carboxylic acids is 3. The zero-order valence-corrected chi connectivity index (χ0v) is 18.9. The zero-order chi connectivity index (χ0) is 25.4. The highest BCUT2D eigenvalue weighted by Crippen LogP contribution is 2.19. The van der Waals surface area contributed by atoms with E-state index in [4.69, 9.17) is 5.73 Å². The SMILES string of the molecule is CC(C)C(N)C(=O)NC(CO)C(=O)NC(CO)C(=O)NC(Cc1c[nH]c2ccccc12)C(=O)O. The van der Waals surface area contributed by atoms with Crippen LogP contribution >= 0.6 is 0 Å². The molecule has 0 saturated carbocycles. The first-order chi connectivity index (χ1) is 16.1. The summed E-state index contributed by atoms with van der Waals surface area (Å²) in [6.07, 6.45) is 1.61. The number of aromatic nitrogens is 1. The van der Waals surface area contributed by atoms with Crippen LogP contribution in [0.3, 0.4) is 0 Å². The first-order valence-electron chi connectivity index (χ1n) is 10.7. The maximum atomic E-state index is 12.6. The normalized spacial score (nSPS) is 14.8. The Balaban J connectivity index is 2.05. The number of amides is 3. The molecule has 0 saturated heterocycles. The van der Waals surface area contributed by atoms with E-state index in [2.05, 4.69) is 20.9 Å². The number of H-pyrrole nitrogens is 1. The highest BCUT2D eigenvalue weighted by Gasteiger charge is 2.30. The van der Waals surface area contributed by atoms with Crippen LogP contribution in [0.1, 0.15) is 19.4 Å². The zero-order valence-electron chi connectivity index (χ0n) is 18.9. The molecule has 2 aromatic rings. The lowest BCUT2D eigenvalue weighted by molar-refractivity contribution is -0.142. The number of carboxylic acid groups (broad SMARTS) is 1. The van der Waals surface area contributed by atoms with Gasteiger partial charge in [0.1, 0.15) is 18.1 Å². The summed E-state index contributed by atoms with van der Waals surface area (Å²) in [6, 6.07) is 2.08. The minimum atomic E-state index is -1.51. The van der Waals surface area contributed by atoms with Crippen LogP contribution in [0.25, 0.3) is 10.9 Å². The molecule has 0 fully saturated rings. The number of benzene rings is 1. The van der Waals surface area contributed by atoms with Crippen molar-refractivity contribution in [3.05, 3.63) is 36.0 Å². The Morgan fingerprint density at radius 1 is 0.912 bits per heavy atom. The second-order valence-corrected chi connectivity index (χ2v) is 8.22. The molecule has 12 heteroatoms. The smallest absolute Gasteiger partial charge is 0.326 e. The van der Waals surface area contributed by atoms with Gasteiger partial charge in [0.2, 0.25) is 17.7 Å². The molecule has 0 aliphatic rings. The van der Waals surface area contributed by atoms with Crippen molar-refractivity contribution in [2.75, 3.05) is 13.2 Å². The lowest BCUT2D eigenvalue weighted by Crippen LogP contribution is -2.59. The van der Waals surface area contributed by atoms with Gasteiger partial charge in [-0.2, -0.15) is 0 Å². The number of aromatic amines is 1. The summed E-state index contributed by atoms with van der Waals surface area (Å²) in [5, 5.41) is 36.3. The van der Waals surface area contributed by atoms with Crippen LogP contribution in [0.15, 0.2) is 30.5 Å². The first-order valence-corrected chi connectivity index (χ1v) is 10.7. The maximum Gasteiger partial charge on any atom is 0.326 e. The van der Waals surface area contributed by atoms with E-state index in [1.54, 1.807) is 26.1 Å². The van der Waals surface area contributed by atoms with Crippen LogP contribution in [0.5, 0.6) is 0 Å². The lowest BCUT2D eigenvalue weighted by atomic mass is 10.0. The fourth-order valence-corrected chi connectivity index (χ4v) is 3.22. The van der Waals surface area contributed by atoms with Gasteiger partial charge in [0.15, 0.2) is 0 Å². The summed E-state index contributed by atoms with van der Waals surface area (Å²) >= 11 is 0. The molecule has 0 aliphatic heterocycles.